The molecule has 5 N–H and O–H groups in total. The Balaban J connectivity index is 2.44. The van der Waals surface area contributed by atoms with E-state index in [1.54, 1.807) is 12.1 Å². The second-order valence-corrected chi connectivity index (χ2v) is 4.08. The number of rotatable bonds is 4. The van der Waals surface area contributed by atoms with Crippen LogP contribution in [-0.4, -0.2) is 22.6 Å². The summed E-state index contributed by atoms with van der Waals surface area (Å²) in [7, 11) is 0. The molecule has 19 heavy (non-hydrogen) atoms. The summed E-state index contributed by atoms with van der Waals surface area (Å²) in [5.41, 5.74) is 4.79. The summed E-state index contributed by atoms with van der Waals surface area (Å²) in [4.78, 5) is 35.0. The van der Waals surface area contributed by atoms with Gasteiger partial charge in [0.1, 0.15) is 0 Å². The van der Waals surface area contributed by atoms with E-state index in [9.17, 15) is 14.4 Å². The van der Waals surface area contributed by atoms with Crippen molar-refractivity contribution in [1.82, 2.24) is 10.2 Å². The fourth-order valence-corrected chi connectivity index (χ4v) is 1.81. The molecule has 1 heterocycles. The predicted octanol–water partition coefficient (Wildman–Crippen LogP) is -0.106. The van der Waals surface area contributed by atoms with Crippen LogP contribution >= 0.6 is 0 Å². The smallest absolute Gasteiger partial charge is 0.272 e. The molecular weight excluding hydrogens is 248 g/mol. The molecular formula is C12H14N4O3. The Morgan fingerprint density at radius 2 is 1.95 bits per heavy atom. The molecule has 2 rings (SSSR count). The molecule has 100 valence electrons. The third-order valence-corrected chi connectivity index (χ3v) is 2.71. The van der Waals surface area contributed by atoms with Crippen molar-refractivity contribution in [3.8, 4) is 0 Å². The molecule has 1 amide bonds. The molecule has 0 bridgehead atoms. The number of nitrogens with one attached hydrogen (secondary N) is 3. The number of benzene rings is 1. The van der Waals surface area contributed by atoms with E-state index in [-0.39, 0.29) is 23.1 Å². The van der Waals surface area contributed by atoms with Gasteiger partial charge in [-0.1, -0.05) is 6.07 Å². The van der Waals surface area contributed by atoms with Crippen LogP contribution in [0, 0.1) is 0 Å². The van der Waals surface area contributed by atoms with E-state index in [0.717, 1.165) is 0 Å². The minimum Gasteiger partial charge on any atom is -0.330 e. The molecule has 0 atom stereocenters. The molecule has 2 aromatic rings. The number of hydrogen-bond acceptors (Lipinski definition) is 4. The van der Waals surface area contributed by atoms with E-state index >= 15 is 0 Å². The Labute approximate surface area is 107 Å². The van der Waals surface area contributed by atoms with Crippen LogP contribution in [-0.2, 0) is 4.79 Å². The number of hydrogen-bond donors (Lipinski definition) is 4. The quantitative estimate of drug-likeness (QED) is 0.614. The SMILES string of the molecule is NCCCC(=O)Nc1cccc2c(=O)[nH][nH]c(=O)c12. The zero-order valence-corrected chi connectivity index (χ0v) is 10.2. The van der Waals surface area contributed by atoms with Gasteiger partial charge in [-0.2, -0.15) is 0 Å². The van der Waals surface area contributed by atoms with Gasteiger partial charge in [-0.25, -0.2) is 0 Å². The van der Waals surface area contributed by atoms with Crippen LogP contribution in [0.5, 0.6) is 0 Å². The van der Waals surface area contributed by atoms with Crippen LogP contribution in [0.1, 0.15) is 12.8 Å². The standard InChI is InChI=1S/C12H14N4O3/c13-6-2-5-9(17)14-8-4-1-3-7-10(8)12(19)16-15-11(7)18/h1,3-4H,2,5-6,13H2,(H,14,17)(H,15,18)(H,16,19). The van der Waals surface area contributed by atoms with Crippen molar-refractivity contribution in [2.24, 2.45) is 5.73 Å². The summed E-state index contributed by atoms with van der Waals surface area (Å²) in [6.45, 7) is 0.420. The van der Waals surface area contributed by atoms with Gasteiger partial charge in [-0.15, -0.1) is 0 Å². The summed E-state index contributed by atoms with van der Waals surface area (Å²) in [5, 5.41) is 7.50. The second kappa shape index (κ2) is 5.49. The molecule has 7 heteroatoms. The molecule has 0 saturated heterocycles. The van der Waals surface area contributed by atoms with Crippen LogP contribution in [0.2, 0.25) is 0 Å². The maximum absolute atomic E-state index is 11.8. The second-order valence-electron chi connectivity index (χ2n) is 4.08. The lowest BCUT2D eigenvalue weighted by Crippen LogP contribution is -2.21. The van der Waals surface area contributed by atoms with Crippen molar-refractivity contribution in [3.63, 3.8) is 0 Å². The first-order chi connectivity index (χ1) is 9.13. The van der Waals surface area contributed by atoms with E-state index in [4.69, 9.17) is 5.73 Å². The van der Waals surface area contributed by atoms with E-state index < -0.39 is 11.1 Å². The number of amides is 1. The zero-order chi connectivity index (χ0) is 13.8. The Morgan fingerprint density at radius 3 is 2.68 bits per heavy atom. The maximum atomic E-state index is 11.8. The third kappa shape index (κ3) is 2.71. The first-order valence-corrected chi connectivity index (χ1v) is 5.87. The first kappa shape index (κ1) is 13.0. The molecule has 0 radical (unpaired) electrons. The average Bonchev–Trinajstić information content (AvgIpc) is 2.41. The van der Waals surface area contributed by atoms with Crippen molar-refractivity contribution in [1.29, 1.82) is 0 Å². The van der Waals surface area contributed by atoms with E-state index in [1.165, 1.54) is 6.07 Å². The fraction of sp³-hybridized carbons (Fsp3) is 0.250. The van der Waals surface area contributed by atoms with Crippen LogP contribution in [0.25, 0.3) is 10.8 Å². The van der Waals surface area contributed by atoms with Gasteiger partial charge in [0.2, 0.25) is 5.91 Å². The highest BCUT2D eigenvalue weighted by Crippen LogP contribution is 2.16. The normalized spacial score (nSPS) is 10.6. The van der Waals surface area contributed by atoms with Crippen LogP contribution in [0.15, 0.2) is 27.8 Å². The van der Waals surface area contributed by atoms with Gasteiger partial charge in [0.05, 0.1) is 16.5 Å². The molecule has 0 fully saturated rings. The molecule has 0 aliphatic rings. The topological polar surface area (TPSA) is 121 Å². The largest absolute Gasteiger partial charge is 0.330 e. The van der Waals surface area contributed by atoms with Crippen LogP contribution < -0.4 is 22.2 Å². The van der Waals surface area contributed by atoms with Crippen LogP contribution in [0.3, 0.4) is 0 Å². The van der Waals surface area contributed by atoms with E-state index in [0.29, 0.717) is 18.7 Å². The highest BCUT2D eigenvalue weighted by atomic mass is 16.2. The predicted molar refractivity (Wildman–Crippen MR) is 72.1 cm³/mol. The number of anilines is 1. The van der Waals surface area contributed by atoms with Crippen molar-refractivity contribution in [3.05, 3.63) is 38.9 Å². The van der Waals surface area contributed by atoms with Gasteiger partial charge >= 0.3 is 0 Å². The van der Waals surface area contributed by atoms with Gasteiger partial charge in [0, 0.05) is 6.42 Å². The lowest BCUT2D eigenvalue weighted by molar-refractivity contribution is -0.116. The van der Waals surface area contributed by atoms with Gasteiger partial charge in [-0.3, -0.25) is 24.6 Å². The molecule has 7 nitrogen and oxygen atoms in total. The van der Waals surface area contributed by atoms with Gasteiger partial charge in [0.15, 0.2) is 0 Å². The number of carbonyl (C=O) groups is 1. The Morgan fingerprint density at radius 1 is 1.21 bits per heavy atom. The molecule has 1 aromatic carbocycles. The number of nitrogens with two attached hydrogens (primary N) is 1. The first-order valence-electron chi connectivity index (χ1n) is 5.87. The summed E-state index contributed by atoms with van der Waals surface area (Å²) in [6, 6.07) is 4.71. The van der Waals surface area contributed by atoms with Gasteiger partial charge in [-0.05, 0) is 25.1 Å². The molecule has 0 spiro atoms. The van der Waals surface area contributed by atoms with E-state index in [2.05, 4.69) is 15.5 Å². The minimum absolute atomic E-state index is 0.173. The number of aromatic nitrogens is 2. The minimum atomic E-state index is -0.454. The number of fused-ring (bicyclic) bond motifs is 1. The summed E-state index contributed by atoms with van der Waals surface area (Å²) in [5.74, 6) is -0.238. The van der Waals surface area contributed by atoms with Crippen molar-refractivity contribution < 1.29 is 4.79 Å². The maximum Gasteiger partial charge on any atom is 0.272 e. The highest BCUT2D eigenvalue weighted by Gasteiger charge is 2.10. The molecule has 0 saturated carbocycles. The summed E-state index contributed by atoms with van der Waals surface area (Å²) in [6.07, 6.45) is 0.835. The Hall–Kier alpha value is -2.41. The summed E-state index contributed by atoms with van der Waals surface area (Å²) >= 11 is 0. The Kier molecular flexibility index (Phi) is 3.76. The number of carbonyl (C=O) groups excluding carboxylic acids is 1. The van der Waals surface area contributed by atoms with Crippen molar-refractivity contribution in [2.45, 2.75) is 12.8 Å². The van der Waals surface area contributed by atoms with Crippen molar-refractivity contribution >= 4 is 22.4 Å². The zero-order valence-electron chi connectivity index (χ0n) is 10.2. The average molecular weight is 262 g/mol. The molecule has 0 aliphatic carbocycles. The Bertz CT molecular complexity index is 717. The van der Waals surface area contributed by atoms with Gasteiger partial charge in [0.25, 0.3) is 11.1 Å². The van der Waals surface area contributed by atoms with Crippen molar-refractivity contribution in [2.75, 3.05) is 11.9 Å². The fourth-order valence-electron chi connectivity index (χ4n) is 1.81. The molecule has 0 unspecified atom stereocenters. The highest BCUT2D eigenvalue weighted by molar-refractivity contribution is 6.01. The third-order valence-electron chi connectivity index (χ3n) is 2.71. The van der Waals surface area contributed by atoms with E-state index in [1.807, 2.05) is 0 Å². The molecule has 1 aromatic heterocycles. The van der Waals surface area contributed by atoms with Crippen LogP contribution in [0.4, 0.5) is 5.69 Å². The monoisotopic (exact) mass is 262 g/mol. The summed E-state index contributed by atoms with van der Waals surface area (Å²) < 4.78 is 0. The lowest BCUT2D eigenvalue weighted by atomic mass is 10.1. The number of H-pyrrole nitrogens is 2. The lowest BCUT2D eigenvalue weighted by Gasteiger charge is -2.07. The van der Waals surface area contributed by atoms with Gasteiger partial charge < -0.3 is 11.1 Å². The number of aromatic amines is 2. The molecule has 0 aliphatic heterocycles.